The lowest BCUT2D eigenvalue weighted by Gasteiger charge is -2.30. The van der Waals surface area contributed by atoms with Crippen LogP contribution in [-0.2, 0) is 11.2 Å². The molecule has 0 bridgehead atoms. The van der Waals surface area contributed by atoms with Crippen LogP contribution in [0, 0.1) is 0 Å². The average molecular weight is 340 g/mol. The average Bonchev–Trinajstić information content (AvgIpc) is 2.82. The highest BCUT2D eigenvalue weighted by Gasteiger charge is 2.27. The first-order chi connectivity index (χ1) is 10.8. The number of anilines is 1. The van der Waals surface area contributed by atoms with Crippen molar-refractivity contribution in [2.75, 3.05) is 31.1 Å². The van der Waals surface area contributed by atoms with Crippen molar-refractivity contribution in [3.05, 3.63) is 5.82 Å². The first kappa shape index (κ1) is 18.1. The Balaban J connectivity index is 1.93. The molecule has 1 atom stereocenters. The second-order valence-corrected chi connectivity index (χ2v) is 7.87. The van der Waals surface area contributed by atoms with Crippen molar-refractivity contribution < 1.29 is 4.79 Å². The Morgan fingerprint density at radius 3 is 2.65 bits per heavy atom. The number of nitrogens with one attached hydrogen (secondary N) is 1. The van der Waals surface area contributed by atoms with Crippen LogP contribution in [0.15, 0.2) is 0 Å². The van der Waals surface area contributed by atoms with E-state index in [0.29, 0.717) is 0 Å². The van der Waals surface area contributed by atoms with Gasteiger partial charge in [0, 0.05) is 49.7 Å². The minimum atomic E-state index is -0.188. The van der Waals surface area contributed by atoms with Gasteiger partial charge in [0.1, 0.15) is 5.82 Å². The van der Waals surface area contributed by atoms with E-state index >= 15 is 0 Å². The van der Waals surface area contributed by atoms with Gasteiger partial charge in [-0.1, -0.05) is 6.92 Å². The van der Waals surface area contributed by atoms with Crippen LogP contribution in [0.4, 0.5) is 5.13 Å². The highest BCUT2D eigenvalue weighted by molar-refractivity contribution is 7.09. The van der Waals surface area contributed by atoms with E-state index in [2.05, 4.69) is 31.4 Å². The van der Waals surface area contributed by atoms with Crippen molar-refractivity contribution in [3.63, 3.8) is 0 Å². The summed E-state index contributed by atoms with van der Waals surface area (Å²) >= 11 is 1.48. The SMILES string of the molecule is CCc1nsc(N2CCCN([C@@H](C)C(=O)NC(C)(C)C)CC2)n1. The molecule has 1 aromatic heterocycles. The van der Waals surface area contributed by atoms with Crippen molar-refractivity contribution in [2.45, 2.75) is 59.0 Å². The number of amides is 1. The van der Waals surface area contributed by atoms with Crippen molar-refractivity contribution >= 4 is 22.6 Å². The monoisotopic (exact) mass is 339 g/mol. The Labute approximate surface area is 143 Å². The summed E-state index contributed by atoms with van der Waals surface area (Å²) in [5.74, 6) is 1.03. The molecule has 2 rings (SSSR count). The molecule has 0 unspecified atom stereocenters. The van der Waals surface area contributed by atoms with Gasteiger partial charge in [-0.05, 0) is 34.1 Å². The Morgan fingerprint density at radius 1 is 1.30 bits per heavy atom. The van der Waals surface area contributed by atoms with Gasteiger partial charge < -0.3 is 10.2 Å². The number of hydrogen-bond acceptors (Lipinski definition) is 6. The minimum Gasteiger partial charge on any atom is -0.350 e. The molecule has 0 radical (unpaired) electrons. The van der Waals surface area contributed by atoms with E-state index in [4.69, 9.17) is 0 Å². The van der Waals surface area contributed by atoms with Crippen LogP contribution >= 0.6 is 11.5 Å². The van der Waals surface area contributed by atoms with Crippen LogP contribution in [-0.4, -0.2) is 57.9 Å². The van der Waals surface area contributed by atoms with Gasteiger partial charge in [-0.25, -0.2) is 4.98 Å². The number of carbonyl (C=O) groups is 1. The largest absolute Gasteiger partial charge is 0.350 e. The second kappa shape index (κ2) is 7.57. The molecule has 1 N–H and O–H groups in total. The maximum atomic E-state index is 12.4. The number of nitrogens with zero attached hydrogens (tertiary/aromatic N) is 4. The molecule has 7 heteroatoms. The lowest BCUT2D eigenvalue weighted by Crippen LogP contribution is -2.51. The molecule has 0 saturated carbocycles. The van der Waals surface area contributed by atoms with Gasteiger partial charge in [-0.2, -0.15) is 4.37 Å². The molecule has 1 aliphatic rings. The Kier molecular flexibility index (Phi) is 5.97. The first-order valence-corrected chi connectivity index (χ1v) is 9.21. The van der Waals surface area contributed by atoms with Crippen molar-refractivity contribution in [1.29, 1.82) is 0 Å². The molecule has 6 nitrogen and oxygen atoms in total. The second-order valence-electron chi connectivity index (χ2n) is 7.14. The van der Waals surface area contributed by atoms with E-state index in [1.807, 2.05) is 27.7 Å². The molecule has 1 saturated heterocycles. The maximum Gasteiger partial charge on any atom is 0.237 e. The number of aryl methyl sites for hydroxylation is 1. The van der Waals surface area contributed by atoms with E-state index in [-0.39, 0.29) is 17.5 Å². The molecule has 0 spiro atoms. The van der Waals surface area contributed by atoms with Gasteiger partial charge >= 0.3 is 0 Å². The standard InChI is InChI=1S/C16H29N5OS/c1-6-13-17-15(23-19-13)21-9-7-8-20(10-11-21)12(2)14(22)18-16(3,4)5/h12H,6-11H2,1-5H3,(H,18,22)/t12-/m0/s1. The van der Waals surface area contributed by atoms with Gasteiger partial charge in [-0.3, -0.25) is 9.69 Å². The van der Waals surface area contributed by atoms with Crippen molar-refractivity contribution in [3.8, 4) is 0 Å². The summed E-state index contributed by atoms with van der Waals surface area (Å²) in [7, 11) is 0. The summed E-state index contributed by atoms with van der Waals surface area (Å²) in [6, 6.07) is -0.102. The zero-order valence-corrected chi connectivity index (χ0v) is 15.7. The van der Waals surface area contributed by atoms with Crippen molar-refractivity contribution in [1.82, 2.24) is 19.6 Å². The number of aromatic nitrogens is 2. The van der Waals surface area contributed by atoms with Crippen LogP contribution in [0.2, 0.25) is 0 Å². The fourth-order valence-corrected chi connectivity index (χ4v) is 3.47. The quantitative estimate of drug-likeness (QED) is 0.908. The molecule has 1 fully saturated rings. The number of carbonyl (C=O) groups excluding carboxylic acids is 1. The Morgan fingerprint density at radius 2 is 2.04 bits per heavy atom. The molecule has 130 valence electrons. The number of rotatable bonds is 4. The molecule has 23 heavy (non-hydrogen) atoms. The fourth-order valence-electron chi connectivity index (χ4n) is 2.67. The van der Waals surface area contributed by atoms with E-state index in [1.165, 1.54) is 11.5 Å². The molecule has 2 heterocycles. The minimum absolute atomic E-state index is 0.102. The molecule has 0 aliphatic carbocycles. The molecule has 0 aromatic carbocycles. The highest BCUT2D eigenvalue weighted by Crippen LogP contribution is 2.20. The third kappa shape index (κ3) is 5.14. The predicted octanol–water partition coefficient (Wildman–Crippen LogP) is 1.92. The van der Waals surface area contributed by atoms with Gasteiger partial charge in [0.25, 0.3) is 0 Å². The first-order valence-electron chi connectivity index (χ1n) is 8.44. The molecule has 1 aliphatic heterocycles. The third-order valence-electron chi connectivity index (χ3n) is 4.00. The van der Waals surface area contributed by atoms with Crippen LogP contribution in [0.1, 0.15) is 46.9 Å². The molecule has 1 aromatic rings. The fraction of sp³-hybridized carbons (Fsp3) is 0.812. The normalized spacial score (nSPS) is 18.6. The summed E-state index contributed by atoms with van der Waals surface area (Å²) in [5, 5.41) is 4.09. The smallest absolute Gasteiger partial charge is 0.237 e. The predicted molar refractivity (Wildman–Crippen MR) is 95.0 cm³/mol. The van der Waals surface area contributed by atoms with E-state index in [1.54, 1.807) is 0 Å². The number of hydrogen-bond donors (Lipinski definition) is 1. The topological polar surface area (TPSA) is 61.4 Å². The molecular weight excluding hydrogens is 310 g/mol. The highest BCUT2D eigenvalue weighted by atomic mass is 32.1. The van der Waals surface area contributed by atoms with E-state index < -0.39 is 0 Å². The lowest BCUT2D eigenvalue weighted by atomic mass is 10.1. The zero-order chi connectivity index (χ0) is 17.0. The Bertz CT molecular complexity index is 525. The van der Waals surface area contributed by atoms with Crippen LogP contribution < -0.4 is 10.2 Å². The van der Waals surface area contributed by atoms with Gasteiger partial charge in [-0.15, -0.1) is 0 Å². The van der Waals surface area contributed by atoms with Gasteiger partial charge in [0.15, 0.2) is 0 Å². The van der Waals surface area contributed by atoms with Crippen LogP contribution in [0.5, 0.6) is 0 Å². The molecule has 1 amide bonds. The van der Waals surface area contributed by atoms with E-state index in [9.17, 15) is 4.79 Å². The third-order valence-corrected chi connectivity index (χ3v) is 4.81. The lowest BCUT2D eigenvalue weighted by molar-refractivity contribution is -0.127. The summed E-state index contributed by atoms with van der Waals surface area (Å²) in [4.78, 5) is 21.5. The van der Waals surface area contributed by atoms with E-state index in [0.717, 1.165) is 50.0 Å². The van der Waals surface area contributed by atoms with Gasteiger partial charge in [0.05, 0.1) is 6.04 Å². The summed E-state index contributed by atoms with van der Waals surface area (Å²) in [6.45, 7) is 13.8. The van der Waals surface area contributed by atoms with Crippen molar-refractivity contribution in [2.24, 2.45) is 0 Å². The van der Waals surface area contributed by atoms with Gasteiger partial charge in [0.2, 0.25) is 11.0 Å². The molecular formula is C16H29N5OS. The van der Waals surface area contributed by atoms with Crippen LogP contribution in [0.3, 0.4) is 0 Å². The Hall–Kier alpha value is -1.21. The van der Waals surface area contributed by atoms with Crippen LogP contribution in [0.25, 0.3) is 0 Å². The zero-order valence-electron chi connectivity index (χ0n) is 14.9. The summed E-state index contributed by atoms with van der Waals surface area (Å²) in [5.41, 5.74) is -0.188. The summed E-state index contributed by atoms with van der Waals surface area (Å²) in [6.07, 6.45) is 1.91. The summed E-state index contributed by atoms with van der Waals surface area (Å²) < 4.78 is 4.37. The maximum absolute atomic E-state index is 12.4.